The molecule has 1 aromatic carbocycles. The van der Waals surface area contributed by atoms with E-state index in [0.717, 1.165) is 5.01 Å². The monoisotopic (exact) mass is 315 g/mol. The molecule has 0 bridgehead atoms. The summed E-state index contributed by atoms with van der Waals surface area (Å²) >= 11 is 1.48. The number of nitrogens with zero attached hydrogens (tertiary/aromatic N) is 1. The molecule has 3 rings (SSSR count). The number of aryl methyl sites for hydroxylation is 2. The van der Waals surface area contributed by atoms with Crippen molar-refractivity contribution in [3.63, 3.8) is 0 Å². The van der Waals surface area contributed by atoms with Crippen LogP contribution in [-0.2, 0) is 4.79 Å². The lowest BCUT2D eigenvalue weighted by molar-refractivity contribution is -0.131. The van der Waals surface area contributed by atoms with Crippen molar-refractivity contribution < 1.29 is 13.9 Å². The van der Waals surface area contributed by atoms with Crippen LogP contribution in [0.2, 0.25) is 0 Å². The fourth-order valence-corrected chi connectivity index (χ4v) is 2.86. The van der Waals surface area contributed by atoms with E-state index in [4.69, 9.17) is 9.15 Å². The maximum atomic E-state index is 12.6. The van der Waals surface area contributed by atoms with Crippen molar-refractivity contribution in [1.82, 2.24) is 4.98 Å². The van der Waals surface area contributed by atoms with Gasteiger partial charge in [0.15, 0.2) is 0 Å². The molecule has 5 nitrogen and oxygen atoms in total. The van der Waals surface area contributed by atoms with E-state index in [-0.39, 0.29) is 5.43 Å². The maximum Gasteiger partial charge on any atom is 0.308 e. The number of fused-ring (bicyclic) bond motifs is 1. The first-order chi connectivity index (χ1) is 10.5. The molecule has 0 saturated heterocycles. The van der Waals surface area contributed by atoms with E-state index in [1.165, 1.54) is 24.5 Å². The van der Waals surface area contributed by atoms with Crippen molar-refractivity contribution in [2.24, 2.45) is 0 Å². The number of benzene rings is 1. The normalized spacial score (nSPS) is 10.9. The number of hydrogen-bond donors (Lipinski definition) is 0. The largest absolute Gasteiger partial charge is 0.463 e. The van der Waals surface area contributed by atoms with Crippen molar-refractivity contribution in [1.29, 1.82) is 0 Å². The van der Waals surface area contributed by atoms with Crippen LogP contribution in [0.1, 0.15) is 17.5 Å². The molecule has 0 radical (unpaired) electrons. The Balaban J connectivity index is 2.21. The summed E-state index contributed by atoms with van der Waals surface area (Å²) in [6.07, 6.45) is 1.41. The van der Waals surface area contributed by atoms with E-state index in [1.54, 1.807) is 19.1 Å². The van der Waals surface area contributed by atoms with Crippen LogP contribution in [0.3, 0.4) is 0 Å². The van der Waals surface area contributed by atoms with Gasteiger partial charge in [-0.3, -0.25) is 9.59 Å². The predicted molar refractivity (Wildman–Crippen MR) is 84.4 cm³/mol. The van der Waals surface area contributed by atoms with Gasteiger partial charge >= 0.3 is 5.97 Å². The Morgan fingerprint density at radius 2 is 2.09 bits per heavy atom. The number of aromatic nitrogens is 1. The van der Waals surface area contributed by atoms with Crippen molar-refractivity contribution in [3.8, 4) is 17.0 Å². The third-order valence-electron chi connectivity index (χ3n) is 3.29. The summed E-state index contributed by atoms with van der Waals surface area (Å²) in [7, 11) is 0. The van der Waals surface area contributed by atoms with Crippen molar-refractivity contribution >= 4 is 28.3 Å². The molecule has 2 heterocycles. The zero-order valence-corrected chi connectivity index (χ0v) is 13.1. The number of rotatable bonds is 2. The summed E-state index contributed by atoms with van der Waals surface area (Å²) in [6, 6.07) is 3.21. The highest BCUT2D eigenvalue weighted by atomic mass is 32.1. The van der Waals surface area contributed by atoms with E-state index in [0.29, 0.717) is 33.5 Å². The first-order valence-corrected chi connectivity index (χ1v) is 7.51. The second-order valence-corrected chi connectivity index (χ2v) is 5.95. The minimum atomic E-state index is -0.417. The van der Waals surface area contributed by atoms with Gasteiger partial charge in [-0.05, 0) is 26.0 Å². The second-order valence-electron chi connectivity index (χ2n) is 4.89. The highest BCUT2D eigenvalue weighted by molar-refractivity contribution is 7.09. The van der Waals surface area contributed by atoms with E-state index in [2.05, 4.69) is 4.98 Å². The smallest absolute Gasteiger partial charge is 0.308 e. The molecule has 2 aromatic heterocycles. The van der Waals surface area contributed by atoms with E-state index >= 15 is 0 Å². The topological polar surface area (TPSA) is 69.4 Å². The lowest BCUT2D eigenvalue weighted by Gasteiger charge is -2.08. The summed E-state index contributed by atoms with van der Waals surface area (Å²) < 4.78 is 10.7. The van der Waals surface area contributed by atoms with E-state index < -0.39 is 5.97 Å². The number of esters is 1. The zero-order valence-electron chi connectivity index (χ0n) is 12.3. The molecule has 0 aliphatic rings. The SMILES string of the molecule is CC(=O)Oc1ccc2c(=O)c(-c3csc(C)n3)coc2c1C. The Hall–Kier alpha value is -2.47. The van der Waals surface area contributed by atoms with Gasteiger partial charge in [-0.1, -0.05) is 0 Å². The number of hydrogen-bond acceptors (Lipinski definition) is 6. The zero-order chi connectivity index (χ0) is 15.9. The molecule has 0 atom stereocenters. The first kappa shape index (κ1) is 14.5. The maximum absolute atomic E-state index is 12.6. The number of thiazole rings is 1. The third-order valence-corrected chi connectivity index (χ3v) is 4.06. The van der Waals surface area contributed by atoms with Crippen LogP contribution < -0.4 is 10.2 Å². The molecule has 6 heteroatoms. The standard InChI is InChI=1S/C16H13NO4S/c1-8-14(21-10(3)18)5-4-11-15(19)12(6-20-16(8)11)13-7-22-9(2)17-13/h4-7H,1-3H3. The van der Waals surface area contributed by atoms with Crippen molar-refractivity contribution in [2.75, 3.05) is 0 Å². The molecule has 0 aliphatic carbocycles. The van der Waals surface area contributed by atoms with Gasteiger partial charge in [-0.2, -0.15) is 0 Å². The van der Waals surface area contributed by atoms with Crippen LogP contribution >= 0.6 is 11.3 Å². The van der Waals surface area contributed by atoms with Crippen molar-refractivity contribution in [3.05, 3.63) is 44.6 Å². The van der Waals surface area contributed by atoms with Gasteiger partial charge in [0.2, 0.25) is 5.43 Å². The molecular formula is C16H13NO4S. The van der Waals surface area contributed by atoms with Gasteiger partial charge in [0, 0.05) is 17.9 Å². The van der Waals surface area contributed by atoms with Crippen LogP contribution in [0, 0.1) is 13.8 Å². The van der Waals surface area contributed by atoms with Crippen LogP contribution in [0.25, 0.3) is 22.2 Å². The second kappa shape index (κ2) is 5.38. The van der Waals surface area contributed by atoms with Crippen LogP contribution in [0.15, 0.2) is 33.0 Å². The molecule has 0 amide bonds. The Morgan fingerprint density at radius 1 is 1.32 bits per heavy atom. The predicted octanol–water partition coefficient (Wildman–Crippen LogP) is 3.46. The highest BCUT2D eigenvalue weighted by Crippen LogP contribution is 2.28. The van der Waals surface area contributed by atoms with E-state index in [1.807, 2.05) is 12.3 Å². The Kier molecular flexibility index (Phi) is 3.54. The van der Waals surface area contributed by atoms with Crippen LogP contribution in [0.4, 0.5) is 0 Å². The summed E-state index contributed by atoms with van der Waals surface area (Å²) in [5.74, 6) is -0.0280. The van der Waals surface area contributed by atoms with Gasteiger partial charge < -0.3 is 9.15 Å². The van der Waals surface area contributed by atoms with Gasteiger partial charge in [-0.25, -0.2) is 4.98 Å². The summed E-state index contributed by atoms with van der Waals surface area (Å²) in [5.41, 5.74) is 1.92. The fraction of sp³-hybridized carbons (Fsp3) is 0.188. The van der Waals surface area contributed by atoms with Crippen molar-refractivity contribution in [2.45, 2.75) is 20.8 Å². The summed E-state index contributed by atoms with van der Waals surface area (Å²) in [6.45, 7) is 4.95. The highest BCUT2D eigenvalue weighted by Gasteiger charge is 2.15. The molecule has 0 saturated carbocycles. The van der Waals surface area contributed by atoms with E-state index in [9.17, 15) is 9.59 Å². The third kappa shape index (κ3) is 2.42. The molecule has 112 valence electrons. The fourth-order valence-electron chi connectivity index (χ4n) is 2.25. The summed E-state index contributed by atoms with van der Waals surface area (Å²) in [4.78, 5) is 28.0. The number of ether oxygens (including phenoxy) is 1. The Bertz CT molecular complexity index is 939. The molecule has 0 fully saturated rings. The van der Waals surface area contributed by atoms with Crippen LogP contribution in [0.5, 0.6) is 5.75 Å². The van der Waals surface area contributed by atoms with Crippen LogP contribution in [-0.4, -0.2) is 11.0 Å². The molecule has 3 aromatic rings. The Labute approximate surface area is 130 Å². The van der Waals surface area contributed by atoms with Gasteiger partial charge in [0.05, 0.1) is 21.7 Å². The quantitative estimate of drug-likeness (QED) is 0.535. The summed E-state index contributed by atoms with van der Waals surface area (Å²) in [5, 5.41) is 3.15. The average molecular weight is 315 g/mol. The lowest BCUT2D eigenvalue weighted by atomic mass is 10.1. The molecule has 22 heavy (non-hydrogen) atoms. The molecule has 0 spiro atoms. The average Bonchev–Trinajstić information content (AvgIpc) is 2.88. The molecule has 0 aliphatic heterocycles. The minimum absolute atomic E-state index is 0.149. The number of carbonyl (C=O) groups is 1. The Morgan fingerprint density at radius 3 is 2.73 bits per heavy atom. The number of carbonyl (C=O) groups excluding carboxylic acids is 1. The first-order valence-electron chi connectivity index (χ1n) is 6.63. The minimum Gasteiger partial charge on any atom is -0.463 e. The molecule has 0 unspecified atom stereocenters. The van der Waals surface area contributed by atoms with Gasteiger partial charge in [0.25, 0.3) is 0 Å². The van der Waals surface area contributed by atoms with Gasteiger partial charge in [-0.15, -0.1) is 11.3 Å². The lowest BCUT2D eigenvalue weighted by Crippen LogP contribution is -2.07. The molecule has 0 N–H and O–H groups in total. The van der Waals surface area contributed by atoms with Gasteiger partial charge in [0.1, 0.15) is 17.6 Å². The molecular weight excluding hydrogens is 302 g/mol.